The highest BCUT2D eigenvalue weighted by molar-refractivity contribution is 5.78. The molecule has 1 aliphatic carbocycles. The monoisotopic (exact) mass is 268 g/mol. The van der Waals surface area contributed by atoms with Gasteiger partial charge in [0.2, 0.25) is 5.91 Å². The summed E-state index contributed by atoms with van der Waals surface area (Å²) in [6.07, 6.45) is 7.12. The molecule has 0 heterocycles. The van der Waals surface area contributed by atoms with Crippen LogP contribution in [-0.2, 0) is 4.79 Å². The SMILES string of the molecule is CC(C)CC1CCC(C(=O)NC/C(N)=C/NN)CC1. The molecule has 1 fully saturated rings. The lowest BCUT2D eigenvalue weighted by atomic mass is 9.78. The van der Waals surface area contributed by atoms with Crippen LogP contribution in [0.15, 0.2) is 11.9 Å². The van der Waals surface area contributed by atoms with Crippen molar-refractivity contribution in [2.24, 2.45) is 29.3 Å². The molecule has 5 heteroatoms. The topological polar surface area (TPSA) is 93.2 Å². The van der Waals surface area contributed by atoms with E-state index in [9.17, 15) is 4.79 Å². The Hall–Kier alpha value is -1.23. The zero-order chi connectivity index (χ0) is 14.3. The van der Waals surface area contributed by atoms with Gasteiger partial charge in [-0.1, -0.05) is 13.8 Å². The first-order valence-electron chi connectivity index (χ1n) is 7.21. The van der Waals surface area contributed by atoms with Gasteiger partial charge in [0, 0.05) is 17.8 Å². The van der Waals surface area contributed by atoms with Gasteiger partial charge < -0.3 is 16.5 Å². The van der Waals surface area contributed by atoms with Crippen LogP contribution in [0.5, 0.6) is 0 Å². The largest absolute Gasteiger partial charge is 0.399 e. The normalized spacial score (nSPS) is 24.3. The van der Waals surface area contributed by atoms with Crippen LogP contribution in [0.2, 0.25) is 0 Å². The number of hydrogen-bond acceptors (Lipinski definition) is 4. The van der Waals surface area contributed by atoms with Gasteiger partial charge in [-0.2, -0.15) is 0 Å². The maximum absolute atomic E-state index is 12.0. The van der Waals surface area contributed by atoms with Crippen LogP contribution in [0.25, 0.3) is 0 Å². The zero-order valence-corrected chi connectivity index (χ0v) is 12.1. The van der Waals surface area contributed by atoms with Crippen LogP contribution in [0.4, 0.5) is 0 Å². The average molecular weight is 268 g/mol. The predicted molar refractivity (Wildman–Crippen MR) is 77.5 cm³/mol. The van der Waals surface area contributed by atoms with E-state index in [0.29, 0.717) is 12.2 Å². The highest BCUT2D eigenvalue weighted by atomic mass is 16.1. The summed E-state index contributed by atoms with van der Waals surface area (Å²) in [5.74, 6) is 6.95. The number of hydrogen-bond donors (Lipinski definition) is 4. The molecule has 19 heavy (non-hydrogen) atoms. The van der Waals surface area contributed by atoms with Gasteiger partial charge >= 0.3 is 0 Å². The van der Waals surface area contributed by atoms with Crippen molar-refractivity contribution in [1.82, 2.24) is 10.7 Å². The van der Waals surface area contributed by atoms with Crippen LogP contribution < -0.4 is 22.3 Å². The Morgan fingerprint density at radius 1 is 1.32 bits per heavy atom. The van der Waals surface area contributed by atoms with Crippen molar-refractivity contribution in [1.29, 1.82) is 0 Å². The smallest absolute Gasteiger partial charge is 0.223 e. The first-order chi connectivity index (χ1) is 9.02. The van der Waals surface area contributed by atoms with Crippen molar-refractivity contribution < 1.29 is 4.79 Å². The van der Waals surface area contributed by atoms with Gasteiger partial charge in [-0.15, -0.1) is 0 Å². The quantitative estimate of drug-likeness (QED) is 0.430. The first kappa shape index (κ1) is 15.8. The fraction of sp³-hybridized carbons (Fsp3) is 0.786. The highest BCUT2D eigenvalue weighted by Crippen LogP contribution is 2.32. The van der Waals surface area contributed by atoms with Crippen molar-refractivity contribution in [2.75, 3.05) is 6.54 Å². The van der Waals surface area contributed by atoms with E-state index >= 15 is 0 Å². The molecule has 1 saturated carbocycles. The molecule has 0 bridgehead atoms. The molecule has 0 saturated heterocycles. The second kappa shape index (κ2) is 8.04. The fourth-order valence-electron chi connectivity index (χ4n) is 2.82. The van der Waals surface area contributed by atoms with Gasteiger partial charge in [0.15, 0.2) is 0 Å². The van der Waals surface area contributed by atoms with Crippen LogP contribution in [0, 0.1) is 17.8 Å². The lowest BCUT2D eigenvalue weighted by Crippen LogP contribution is -2.36. The average Bonchev–Trinajstić information content (AvgIpc) is 2.36. The maximum atomic E-state index is 12.0. The standard InChI is InChI=1S/C14H28N4O/c1-10(2)7-11-3-5-12(6-4-11)14(19)17-8-13(15)9-18-16/h9-12,18H,3-8,15-16H2,1-2H3,(H,17,19)/b13-9-. The van der Waals surface area contributed by atoms with Gasteiger partial charge in [0.25, 0.3) is 0 Å². The third kappa shape index (κ3) is 5.96. The van der Waals surface area contributed by atoms with Crippen molar-refractivity contribution in [2.45, 2.75) is 46.0 Å². The third-order valence-electron chi connectivity index (χ3n) is 3.76. The van der Waals surface area contributed by atoms with Crippen molar-refractivity contribution in [3.63, 3.8) is 0 Å². The Morgan fingerprint density at radius 3 is 2.47 bits per heavy atom. The van der Waals surface area contributed by atoms with E-state index in [-0.39, 0.29) is 11.8 Å². The van der Waals surface area contributed by atoms with Gasteiger partial charge in [0.1, 0.15) is 0 Å². The second-order valence-corrected chi connectivity index (χ2v) is 5.95. The molecular formula is C14H28N4O. The van der Waals surface area contributed by atoms with Gasteiger partial charge in [-0.05, 0) is 43.9 Å². The molecule has 5 nitrogen and oxygen atoms in total. The molecule has 0 aromatic heterocycles. The van der Waals surface area contributed by atoms with E-state index in [1.165, 1.54) is 25.5 Å². The molecule has 1 rings (SSSR count). The summed E-state index contributed by atoms with van der Waals surface area (Å²) in [4.78, 5) is 12.0. The molecule has 0 aromatic rings. The summed E-state index contributed by atoms with van der Waals surface area (Å²) in [5, 5.41) is 2.86. The summed E-state index contributed by atoms with van der Waals surface area (Å²) in [5.41, 5.74) is 8.53. The van der Waals surface area contributed by atoms with E-state index in [4.69, 9.17) is 11.6 Å². The molecular weight excluding hydrogens is 240 g/mol. The van der Waals surface area contributed by atoms with Crippen molar-refractivity contribution >= 4 is 5.91 Å². The molecule has 0 radical (unpaired) electrons. The zero-order valence-electron chi connectivity index (χ0n) is 12.1. The third-order valence-corrected chi connectivity index (χ3v) is 3.76. The number of rotatable bonds is 6. The minimum absolute atomic E-state index is 0.122. The molecule has 1 aliphatic rings. The summed E-state index contributed by atoms with van der Waals surface area (Å²) in [6.45, 7) is 4.88. The molecule has 0 unspecified atom stereocenters. The lowest BCUT2D eigenvalue weighted by Gasteiger charge is -2.28. The van der Waals surface area contributed by atoms with Crippen LogP contribution in [-0.4, -0.2) is 12.5 Å². The van der Waals surface area contributed by atoms with E-state index < -0.39 is 0 Å². The number of nitrogens with one attached hydrogen (secondary N) is 2. The molecule has 110 valence electrons. The molecule has 0 aromatic carbocycles. The summed E-state index contributed by atoms with van der Waals surface area (Å²) >= 11 is 0. The van der Waals surface area contributed by atoms with Crippen molar-refractivity contribution in [3.05, 3.63) is 11.9 Å². The second-order valence-electron chi connectivity index (χ2n) is 5.95. The maximum Gasteiger partial charge on any atom is 0.223 e. The van der Waals surface area contributed by atoms with E-state index in [1.54, 1.807) is 0 Å². The highest BCUT2D eigenvalue weighted by Gasteiger charge is 2.26. The molecule has 0 aliphatic heterocycles. The van der Waals surface area contributed by atoms with E-state index in [2.05, 4.69) is 24.6 Å². The molecule has 6 N–H and O–H groups in total. The first-order valence-corrected chi connectivity index (χ1v) is 7.21. The van der Waals surface area contributed by atoms with Crippen molar-refractivity contribution in [3.8, 4) is 0 Å². The van der Waals surface area contributed by atoms with Gasteiger partial charge in [-0.3, -0.25) is 10.6 Å². The van der Waals surface area contributed by atoms with Gasteiger partial charge in [0.05, 0.1) is 6.54 Å². The summed E-state index contributed by atoms with van der Waals surface area (Å²) in [6, 6.07) is 0. The van der Waals surface area contributed by atoms with Crippen LogP contribution >= 0.6 is 0 Å². The number of carbonyl (C=O) groups excluding carboxylic acids is 1. The van der Waals surface area contributed by atoms with E-state index in [0.717, 1.165) is 24.7 Å². The predicted octanol–water partition coefficient (Wildman–Crippen LogP) is 1.22. The lowest BCUT2D eigenvalue weighted by molar-refractivity contribution is -0.126. The Labute approximate surface area is 116 Å². The Bertz CT molecular complexity index is 307. The molecule has 0 spiro atoms. The Morgan fingerprint density at radius 2 is 1.95 bits per heavy atom. The summed E-state index contributed by atoms with van der Waals surface area (Å²) in [7, 11) is 0. The van der Waals surface area contributed by atoms with Crippen LogP contribution in [0.3, 0.4) is 0 Å². The van der Waals surface area contributed by atoms with E-state index in [1.807, 2.05) is 0 Å². The Kier molecular flexibility index (Phi) is 6.70. The Balaban J connectivity index is 2.27. The minimum atomic E-state index is 0.122. The number of amides is 1. The molecule has 0 atom stereocenters. The molecule has 1 amide bonds. The number of carbonyl (C=O) groups is 1. The van der Waals surface area contributed by atoms with Gasteiger partial charge in [-0.25, -0.2) is 0 Å². The number of nitrogens with two attached hydrogens (primary N) is 2. The minimum Gasteiger partial charge on any atom is -0.399 e. The fourth-order valence-corrected chi connectivity index (χ4v) is 2.82. The van der Waals surface area contributed by atoms with Crippen LogP contribution in [0.1, 0.15) is 46.0 Å². The number of hydrazine groups is 1. The summed E-state index contributed by atoms with van der Waals surface area (Å²) < 4.78 is 0.